The van der Waals surface area contributed by atoms with Crippen molar-refractivity contribution in [3.63, 3.8) is 0 Å². The molecule has 2 N–H and O–H groups in total. The maximum atomic E-state index is 12.1. The molecule has 0 aliphatic heterocycles. The predicted octanol–water partition coefficient (Wildman–Crippen LogP) is 3.52. The lowest BCUT2D eigenvalue weighted by Crippen LogP contribution is -2.38. The van der Waals surface area contributed by atoms with Crippen LogP contribution in [0.2, 0.25) is 0 Å². The number of hydrogen-bond donors (Lipinski definition) is 2. The average molecular weight is 425 g/mol. The fraction of sp³-hybridized carbons (Fsp3) is 0.440. The Hall–Kier alpha value is -3.02. The first-order chi connectivity index (χ1) is 15.0. The minimum atomic E-state index is 0.0221. The van der Waals surface area contributed by atoms with Crippen LogP contribution in [0.4, 0.5) is 0 Å². The molecule has 0 fully saturated rings. The summed E-state index contributed by atoms with van der Waals surface area (Å²) >= 11 is 0. The van der Waals surface area contributed by atoms with Gasteiger partial charge in [0.05, 0.1) is 6.61 Å². The van der Waals surface area contributed by atoms with Crippen molar-refractivity contribution in [3.05, 3.63) is 65.2 Å². The predicted molar refractivity (Wildman–Crippen MR) is 128 cm³/mol. The van der Waals surface area contributed by atoms with E-state index in [1.165, 1.54) is 5.56 Å². The van der Waals surface area contributed by atoms with Crippen LogP contribution in [0.5, 0.6) is 5.75 Å². The molecule has 6 nitrogen and oxygen atoms in total. The molecule has 0 radical (unpaired) electrons. The molecule has 168 valence electrons. The first-order valence-electron chi connectivity index (χ1n) is 11.1. The van der Waals surface area contributed by atoms with E-state index in [-0.39, 0.29) is 5.91 Å². The van der Waals surface area contributed by atoms with Gasteiger partial charge >= 0.3 is 0 Å². The van der Waals surface area contributed by atoms with E-state index in [1.807, 2.05) is 36.4 Å². The Morgan fingerprint density at radius 2 is 1.74 bits per heavy atom. The van der Waals surface area contributed by atoms with Crippen LogP contribution in [-0.4, -0.2) is 57.1 Å². The number of carbonyl (C=O) groups excluding carboxylic acids is 1. The number of hydrogen-bond acceptors (Lipinski definition) is 3. The van der Waals surface area contributed by atoms with Gasteiger partial charge in [-0.1, -0.05) is 31.2 Å². The molecule has 0 bridgehead atoms. The van der Waals surface area contributed by atoms with Crippen LogP contribution in [0, 0.1) is 0 Å². The van der Waals surface area contributed by atoms with Gasteiger partial charge in [0.15, 0.2) is 5.96 Å². The van der Waals surface area contributed by atoms with E-state index in [0.29, 0.717) is 12.1 Å². The summed E-state index contributed by atoms with van der Waals surface area (Å²) in [5, 5.41) is 6.68. The number of ether oxygens (including phenoxy) is 1. The SMILES string of the molecule is CCCOc1cccc(CCN=C(NCC)NCCc2cccc(C(=O)N(C)C)c2)c1. The van der Waals surface area contributed by atoms with Crippen molar-refractivity contribution in [2.24, 2.45) is 4.99 Å². The molecule has 31 heavy (non-hydrogen) atoms. The second-order valence-corrected chi connectivity index (χ2v) is 7.58. The Bertz CT molecular complexity index is 849. The summed E-state index contributed by atoms with van der Waals surface area (Å²) in [5.41, 5.74) is 3.06. The van der Waals surface area contributed by atoms with Gasteiger partial charge in [0.2, 0.25) is 0 Å². The van der Waals surface area contributed by atoms with E-state index in [2.05, 4.69) is 36.6 Å². The molecule has 0 unspecified atom stereocenters. The van der Waals surface area contributed by atoms with Crippen molar-refractivity contribution in [1.29, 1.82) is 0 Å². The molecule has 0 aromatic heterocycles. The molecule has 0 saturated heterocycles. The highest BCUT2D eigenvalue weighted by Crippen LogP contribution is 2.14. The summed E-state index contributed by atoms with van der Waals surface area (Å²) in [6, 6.07) is 16.0. The molecule has 0 saturated carbocycles. The Labute approximate surface area is 186 Å². The molecule has 2 aromatic rings. The Kier molecular flexibility index (Phi) is 10.4. The largest absolute Gasteiger partial charge is 0.494 e. The van der Waals surface area contributed by atoms with Crippen molar-refractivity contribution >= 4 is 11.9 Å². The van der Waals surface area contributed by atoms with Gasteiger partial charge in [0.25, 0.3) is 5.91 Å². The number of aliphatic imine (C=N–C) groups is 1. The number of carbonyl (C=O) groups is 1. The second-order valence-electron chi connectivity index (χ2n) is 7.58. The first-order valence-corrected chi connectivity index (χ1v) is 11.1. The van der Waals surface area contributed by atoms with Crippen molar-refractivity contribution < 1.29 is 9.53 Å². The zero-order chi connectivity index (χ0) is 22.5. The fourth-order valence-electron chi connectivity index (χ4n) is 3.09. The molecule has 0 atom stereocenters. The summed E-state index contributed by atoms with van der Waals surface area (Å²) in [7, 11) is 3.54. The van der Waals surface area contributed by atoms with Crippen LogP contribution in [-0.2, 0) is 12.8 Å². The maximum Gasteiger partial charge on any atom is 0.253 e. The number of guanidine groups is 1. The van der Waals surface area contributed by atoms with Gasteiger partial charge in [-0.25, -0.2) is 0 Å². The third kappa shape index (κ3) is 8.70. The summed E-state index contributed by atoms with van der Waals surface area (Å²) in [4.78, 5) is 18.4. The van der Waals surface area contributed by atoms with Crippen molar-refractivity contribution in [2.45, 2.75) is 33.1 Å². The maximum absolute atomic E-state index is 12.1. The number of nitrogens with zero attached hydrogens (tertiary/aromatic N) is 2. The number of rotatable bonds is 11. The van der Waals surface area contributed by atoms with E-state index in [4.69, 9.17) is 9.73 Å². The van der Waals surface area contributed by atoms with Gasteiger partial charge in [-0.15, -0.1) is 0 Å². The van der Waals surface area contributed by atoms with Crippen LogP contribution in [0.25, 0.3) is 0 Å². The van der Waals surface area contributed by atoms with Gasteiger partial charge in [0.1, 0.15) is 5.75 Å². The van der Waals surface area contributed by atoms with E-state index in [9.17, 15) is 4.79 Å². The number of benzene rings is 2. The van der Waals surface area contributed by atoms with Gasteiger partial charge in [-0.05, 0) is 61.6 Å². The molecule has 0 aliphatic rings. The van der Waals surface area contributed by atoms with Crippen molar-refractivity contribution in [2.75, 3.05) is 40.3 Å². The van der Waals surface area contributed by atoms with Crippen LogP contribution >= 0.6 is 0 Å². The summed E-state index contributed by atoms with van der Waals surface area (Å²) in [5.74, 6) is 1.75. The third-order valence-electron chi connectivity index (χ3n) is 4.67. The molecule has 1 amide bonds. The minimum absolute atomic E-state index is 0.0221. The Morgan fingerprint density at radius 3 is 2.45 bits per heavy atom. The topological polar surface area (TPSA) is 66.0 Å². The normalized spacial score (nSPS) is 11.2. The van der Waals surface area contributed by atoms with Crippen molar-refractivity contribution in [1.82, 2.24) is 15.5 Å². The smallest absolute Gasteiger partial charge is 0.253 e. The minimum Gasteiger partial charge on any atom is -0.494 e. The van der Waals surface area contributed by atoms with Crippen molar-refractivity contribution in [3.8, 4) is 5.75 Å². The molecule has 0 heterocycles. The van der Waals surface area contributed by atoms with Gasteiger partial charge < -0.3 is 20.3 Å². The fourth-order valence-corrected chi connectivity index (χ4v) is 3.09. The molecule has 0 spiro atoms. The number of nitrogens with one attached hydrogen (secondary N) is 2. The molecule has 2 aromatic carbocycles. The van der Waals surface area contributed by atoms with Crippen LogP contribution in [0.1, 0.15) is 41.8 Å². The standard InChI is InChI=1S/C25H36N4O2/c1-5-17-31-23-12-8-10-21(19-23)14-16-28-25(26-6-2)27-15-13-20-9-7-11-22(18-20)24(30)29(3)4/h7-12,18-19H,5-6,13-17H2,1-4H3,(H2,26,27,28). The van der Waals surface area contributed by atoms with Gasteiger partial charge in [0, 0.05) is 39.3 Å². The zero-order valence-corrected chi connectivity index (χ0v) is 19.3. The highest BCUT2D eigenvalue weighted by atomic mass is 16.5. The van der Waals surface area contributed by atoms with E-state index >= 15 is 0 Å². The molecule has 0 aliphatic carbocycles. The van der Waals surface area contributed by atoms with E-state index < -0.39 is 0 Å². The first kappa shape index (κ1) is 24.3. The Morgan fingerprint density at radius 1 is 1.00 bits per heavy atom. The lowest BCUT2D eigenvalue weighted by Gasteiger charge is -2.13. The zero-order valence-electron chi connectivity index (χ0n) is 19.3. The third-order valence-corrected chi connectivity index (χ3v) is 4.67. The van der Waals surface area contributed by atoms with Crippen LogP contribution < -0.4 is 15.4 Å². The van der Waals surface area contributed by atoms with Crippen LogP contribution in [0.3, 0.4) is 0 Å². The molecular formula is C25H36N4O2. The quantitative estimate of drug-likeness (QED) is 0.428. The van der Waals surface area contributed by atoms with Gasteiger partial charge in [-0.3, -0.25) is 9.79 Å². The monoisotopic (exact) mass is 424 g/mol. The van der Waals surface area contributed by atoms with E-state index in [1.54, 1.807) is 19.0 Å². The molecule has 6 heteroatoms. The number of amides is 1. The highest BCUT2D eigenvalue weighted by Gasteiger charge is 2.08. The second kappa shape index (κ2) is 13.3. The van der Waals surface area contributed by atoms with Crippen LogP contribution in [0.15, 0.2) is 53.5 Å². The molecule has 2 rings (SSSR count). The summed E-state index contributed by atoms with van der Waals surface area (Å²) < 4.78 is 5.71. The van der Waals surface area contributed by atoms with E-state index in [0.717, 1.165) is 56.2 Å². The van der Waals surface area contributed by atoms with Gasteiger partial charge in [-0.2, -0.15) is 0 Å². The summed E-state index contributed by atoms with van der Waals surface area (Å²) in [6.45, 7) is 7.14. The average Bonchev–Trinajstić information content (AvgIpc) is 2.77. The Balaban J connectivity index is 1.86. The highest BCUT2D eigenvalue weighted by molar-refractivity contribution is 5.94. The molecular weight excluding hydrogens is 388 g/mol. The lowest BCUT2D eigenvalue weighted by atomic mass is 10.1. The lowest BCUT2D eigenvalue weighted by molar-refractivity contribution is 0.0827. The summed E-state index contributed by atoms with van der Waals surface area (Å²) in [6.07, 6.45) is 2.67.